The van der Waals surface area contributed by atoms with Gasteiger partial charge in [-0.3, -0.25) is 0 Å². The lowest BCUT2D eigenvalue weighted by Crippen LogP contribution is -2.22. The van der Waals surface area contributed by atoms with Gasteiger partial charge in [0.25, 0.3) is 0 Å². The zero-order valence-corrected chi connectivity index (χ0v) is 12.4. The fourth-order valence-electron chi connectivity index (χ4n) is 2.39. The number of nitrogens with zero attached hydrogens (tertiary/aromatic N) is 1. The summed E-state index contributed by atoms with van der Waals surface area (Å²) < 4.78 is 10.6. The van der Waals surface area contributed by atoms with Gasteiger partial charge >= 0.3 is 5.97 Å². The molecule has 1 aliphatic heterocycles. The van der Waals surface area contributed by atoms with Gasteiger partial charge in [0, 0.05) is 19.3 Å². The molecule has 1 saturated heterocycles. The average molecular weight is 293 g/mol. The highest BCUT2D eigenvalue weighted by Gasteiger charge is 2.16. The normalized spacial score (nSPS) is 18.2. The molecule has 0 saturated carbocycles. The number of ether oxygens (including phenoxy) is 2. The van der Waals surface area contributed by atoms with Gasteiger partial charge in [-0.15, -0.1) is 0 Å². The molecule has 1 atom stereocenters. The molecule has 0 bridgehead atoms. The molecule has 116 valence electrons. The second-order valence-electron chi connectivity index (χ2n) is 5.05. The Balaban J connectivity index is 1.90. The van der Waals surface area contributed by atoms with E-state index in [4.69, 9.17) is 15.2 Å². The van der Waals surface area contributed by atoms with Crippen LogP contribution in [0.5, 0.6) is 0 Å². The Hall–Kier alpha value is -1.82. The first-order valence-electron chi connectivity index (χ1n) is 7.49. The molecule has 2 rings (SSSR count). The van der Waals surface area contributed by atoms with Gasteiger partial charge in [0.15, 0.2) is 0 Å². The smallest absolute Gasteiger partial charge is 0.340 e. The Morgan fingerprint density at radius 1 is 1.57 bits per heavy atom. The quantitative estimate of drug-likeness (QED) is 0.782. The minimum atomic E-state index is -0.420. The molecule has 2 heterocycles. The third-order valence-corrected chi connectivity index (χ3v) is 3.52. The van der Waals surface area contributed by atoms with Crippen LogP contribution in [0, 0.1) is 0 Å². The van der Waals surface area contributed by atoms with E-state index in [2.05, 4.69) is 10.3 Å². The van der Waals surface area contributed by atoms with Crippen molar-refractivity contribution in [1.82, 2.24) is 4.98 Å². The zero-order valence-electron chi connectivity index (χ0n) is 12.4. The zero-order chi connectivity index (χ0) is 15.1. The third kappa shape index (κ3) is 4.32. The minimum Gasteiger partial charge on any atom is -0.462 e. The summed E-state index contributed by atoms with van der Waals surface area (Å²) in [5, 5.41) is 3.17. The maximum atomic E-state index is 11.8. The molecule has 0 aliphatic carbocycles. The first kappa shape index (κ1) is 15.6. The van der Waals surface area contributed by atoms with E-state index in [1.54, 1.807) is 19.2 Å². The Kier molecular flexibility index (Phi) is 5.80. The van der Waals surface area contributed by atoms with E-state index in [1.807, 2.05) is 0 Å². The van der Waals surface area contributed by atoms with Crippen LogP contribution < -0.4 is 11.1 Å². The summed E-state index contributed by atoms with van der Waals surface area (Å²) in [7, 11) is 0. The average Bonchev–Trinajstić information content (AvgIpc) is 2.50. The number of pyridine rings is 1. The molecular weight excluding hydrogens is 270 g/mol. The van der Waals surface area contributed by atoms with Crippen LogP contribution >= 0.6 is 0 Å². The number of carbonyl (C=O) groups is 1. The lowest BCUT2D eigenvalue weighted by atomic mass is 10.1. The Morgan fingerprint density at radius 3 is 3.14 bits per heavy atom. The van der Waals surface area contributed by atoms with Crippen molar-refractivity contribution in [2.45, 2.75) is 38.7 Å². The second kappa shape index (κ2) is 7.83. The van der Waals surface area contributed by atoms with Crippen LogP contribution in [0.2, 0.25) is 0 Å². The fraction of sp³-hybridized carbons (Fsp3) is 0.600. The molecule has 1 aromatic rings. The Morgan fingerprint density at radius 2 is 2.43 bits per heavy atom. The van der Waals surface area contributed by atoms with E-state index in [0.717, 1.165) is 25.9 Å². The molecule has 0 radical (unpaired) electrons. The number of nitrogens with one attached hydrogen (secondary N) is 1. The van der Waals surface area contributed by atoms with E-state index in [-0.39, 0.29) is 0 Å². The maximum absolute atomic E-state index is 11.8. The summed E-state index contributed by atoms with van der Waals surface area (Å²) in [6.45, 7) is 3.65. The first-order chi connectivity index (χ1) is 10.2. The van der Waals surface area contributed by atoms with Crippen molar-refractivity contribution >= 4 is 17.5 Å². The number of carbonyl (C=O) groups excluding carboxylic acids is 1. The molecule has 1 aromatic heterocycles. The predicted molar refractivity (Wildman–Crippen MR) is 81.3 cm³/mol. The van der Waals surface area contributed by atoms with Crippen molar-refractivity contribution in [3.05, 3.63) is 17.8 Å². The van der Waals surface area contributed by atoms with Crippen LogP contribution in [-0.4, -0.2) is 36.8 Å². The number of nitrogens with two attached hydrogens (primary N) is 1. The van der Waals surface area contributed by atoms with Gasteiger partial charge in [-0.1, -0.05) is 0 Å². The van der Waals surface area contributed by atoms with Crippen LogP contribution in [0.1, 0.15) is 43.0 Å². The third-order valence-electron chi connectivity index (χ3n) is 3.52. The summed E-state index contributed by atoms with van der Waals surface area (Å²) in [5.41, 5.74) is 6.66. The van der Waals surface area contributed by atoms with Crippen molar-refractivity contribution in [2.24, 2.45) is 0 Å². The summed E-state index contributed by atoms with van der Waals surface area (Å²) in [5.74, 6) is 0.104. The van der Waals surface area contributed by atoms with Gasteiger partial charge < -0.3 is 20.5 Å². The van der Waals surface area contributed by atoms with Crippen LogP contribution in [0.4, 0.5) is 11.5 Å². The van der Waals surface area contributed by atoms with Crippen molar-refractivity contribution < 1.29 is 14.3 Å². The first-order valence-corrected chi connectivity index (χ1v) is 7.49. The van der Waals surface area contributed by atoms with E-state index in [1.165, 1.54) is 6.42 Å². The van der Waals surface area contributed by atoms with Crippen LogP contribution in [0.3, 0.4) is 0 Å². The van der Waals surface area contributed by atoms with E-state index >= 15 is 0 Å². The molecular formula is C15H23N3O3. The van der Waals surface area contributed by atoms with Crippen LogP contribution in [0.25, 0.3) is 0 Å². The molecule has 1 fully saturated rings. The molecule has 1 aliphatic rings. The number of esters is 1. The molecule has 1 unspecified atom stereocenters. The molecule has 0 spiro atoms. The monoisotopic (exact) mass is 293 g/mol. The van der Waals surface area contributed by atoms with Gasteiger partial charge in [-0.2, -0.15) is 0 Å². The van der Waals surface area contributed by atoms with Gasteiger partial charge in [-0.25, -0.2) is 9.78 Å². The van der Waals surface area contributed by atoms with E-state index < -0.39 is 5.97 Å². The van der Waals surface area contributed by atoms with Gasteiger partial charge in [0.2, 0.25) is 0 Å². The summed E-state index contributed by atoms with van der Waals surface area (Å²) in [6.07, 6.45) is 6.25. The lowest BCUT2D eigenvalue weighted by Gasteiger charge is -2.22. The summed E-state index contributed by atoms with van der Waals surface area (Å²) in [6, 6.07) is 1.57. The fourth-order valence-corrected chi connectivity index (χ4v) is 2.39. The second-order valence-corrected chi connectivity index (χ2v) is 5.05. The van der Waals surface area contributed by atoms with E-state index in [9.17, 15) is 4.79 Å². The SMILES string of the molecule is CCOC(=O)c1ccnc(NCCC2CCCCO2)c1N. The highest BCUT2D eigenvalue weighted by Crippen LogP contribution is 2.21. The minimum absolute atomic E-state index is 0.306. The van der Waals surface area contributed by atoms with Crippen LogP contribution in [0.15, 0.2) is 12.3 Å². The highest BCUT2D eigenvalue weighted by molar-refractivity contribution is 5.97. The van der Waals surface area contributed by atoms with Crippen molar-refractivity contribution in [2.75, 3.05) is 30.8 Å². The maximum Gasteiger partial charge on any atom is 0.340 e. The Bertz CT molecular complexity index is 473. The molecule has 6 heteroatoms. The molecule has 6 nitrogen and oxygen atoms in total. The molecule has 3 N–H and O–H groups in total. The highest BCUT2D eigenvalue weighted by atomic mass is 16.5. The van der Waals surface area contributed by atoms with Crippen molar-refractivity contribution in [3.63, 3.8) is 0 Å². The van der Waals surface area contributed by atoms with E-state index in [0.29, 0.717) is 36.3 Å². The topological polar surface area (TPSA) is 86.5 Å². The number of hydrogen-bond acceptors (Lipinski definition) is 6. The largest absolute Gasteiger partial charge is 0.462 e. The lowest BCUT2D eigenvalue weighted by molar-refractivity contribution is 0.0134. The van der Waals surface area contributed by atoms with Crippen molar-refractivity contribution in [3.8, 4) is 0 Å². The number of anilines is 2. The summed E-state index contributed by atoms with van der Waals surface area (Å²) >= 11 is 0. The molecule has 0 aromatic carbocycles. The van der Waals surface area contributed by atoms with Crippen molar-refractivity contribution in [1.29, 1.82) is 0 Å². The summed E-state index contributed by atoms with van der Waals surface area (Å²) in [4.78, 5) is 15.9. The molecule has 0 amide bonds. The Labute approximate surface area is 125 Å². The van der Waals surface area contributed by atoms with Gasteiger partial charge in [-0.05, 0) is 38.7 Å². The number of hydrogen-bond donors (Lipinski definition) is 2. The molecule has 21 heavy (non-hydrogen) atoms. The van der Waals surface area contributed by atoms with Gasteiger partial charge in [0.1, 0.15) is 5.82 Å². The standard InChI is InChI=1S/C15H23N3O3/c1-2-20-15(19)12-7-9-18-14(13(12)16)17-8-6-11-5-3-4-10-21-11/h7,9,11H,2-6,8,10,16H2,1H3,(H,17,18). The number of nitrogen functional groups attached to an aromatic ring is 1. The number of rotatable bonds is 6. The van der Waals surface area contributed by atoms with Crippen LogP contribution in [-0.2, 0) is 9.47 Å². The number of aromatic nitrogens is 1. The van der Waals surface area contributed by atoms with Gasteiger partial charge in [0.05, 0.1) is 24.0 Å². The predicted octanol–water partition coefficient (Wildman–Crippen LogP) is 2.21.